The molecule has 1 heterocycles. The van der Waals surface area contributed by atoms with Crippen LogP contribution < -0.4 is 58.9 Å². The first-order valence-electron chi connectivity index (χ1n) is 22.1. The Balaban J connectivity index is 2.08. The summed E-state index contributed by atoms with van der Waals surface area (Å²) < 4.78 is 0. The van der Waals surface area contributed by atoms with E-state index in [2.05, 4.69) is 53.2 Å². The van der Waals surface area contributed by atoms with Gasteiger partial charge in [0.15, 0.2) is 0 Å². The summed E-state index contributed by atoms with van der Waals surface area (Å²) in [6.07, 6.45) is -1.69. The molecule has 0 radical (unpaired) electrons. The summed E-state index contributed by atoms with van der Waals surface area (Å²) in [5.74, 6) is -11.9. The van der Waals surface area contributed by atoms with Gasteiger partial charge < -0.3 is 79.3 Å². The topological polar surface area (TPSA) is 415 Å². The number of carboxylic acid groups (broad SMARTS) is 1. The van der Waals surface area contributed by atoms with Gasteiger partial charge in [0.05, 0.1) is 26.2 Å². The fourth-order valence-corrected chi connectivity index (χ4v) is 6.78. The summed E-state index contributed by atoms with van der Waals surface area (Å²) in [5, 5.41) is 63.5. The van der Waals surface area contributed by atoms with Crippen molar-refractivity contribution in [3.05, 3.63) is 65.7 Å². The zero-order valence-electron chi connectivity index (χ0n) is 38.6. The Bertz CT molecular complexity index is 2200. The minimum atomic E-state index is -1.88. The Labute approximate surface area is 401 Å². The average molecular weight is 984 g/mol. The number of amides is 11. The third-order valence-corrected chi connectivity index (χ3v) is 10.6. The molecule has 382 valence electrons. The third kappa shape index (κ3) is 18.7. The normalized spacial score (nSPS) is 24.2. The smallest absolute Gasteiger partial charge is 0.312 e. The van der Waals surface area contributed by atoms with Gasteiger partial charge in [-0.25, -0.2) is 4.79 Å². The number of urea groups is 1. The van der Waals surface area contributed by atoms with E-state index in [1.165, 1.54) is 45.0 Å². The summed E-state index contributed by atoms with van der Waals surface area (Å²) in [7, 11) is 0. The van der Waals surface area contributed by atoms with Crippen LogP contribution in [0.5, 0.6) is 5.75 Å². The van der Waals surface area contributed by atoms with Crippen LogP contribution in [-0.2, 0) is 60.8 Å². The van der Waals surface area contributed by atoms with E-state index in [-0.39, 0.29) is 38.0 Å². The fraction of sp³-hybridized carbons (Fsp3) is 0.477. The van der Waals surface area contributed by atoms with E-state index in [1.807, 2.05) is 0 Å². The molecule has 0 spiro atoms. The predicted octanol–water partition coefficient (Wildman–Crippen LogP) is -5.23. The van der Waals surface area contributed by atoms with Crippen molar-refractivity contribution in [1.82, 2.24) is 53.2 Å². The van der Waals surface area contributed by atoms with Crippen LogP contribution in [0.3, 0.4) is 0 Å². The van der Waals surface area contributed by atoms with Crippen molar-refractivity contribution < 1.29 is 73.2 Å². The number of carbonyl (C=O) groups excluding carboxylic acids is 10. The fourth-order valence-electron chi connectivity index (χ4n) is 6.78. The minimum Gasteiger partial charge on any atom is -0.508 e. The third-order valence-electron chi connectivity index (χ3n) is 10.6. The molecule has 0 saturated carbocycles. The standard InChI is InChI=1S/C44H61N11O15/c1-22(2)35-43(69)54-31(20-56)41(67)52-28(16-24-8-5-4-6-9-24)38(64)49-27(10-7-15-46-44(45)70)37(63)47-19-33(59)48-23(3)36(62)50-30(18-34(60)61)40(66)51-29(17-25-11-13-26(58)14-12-25)39(65)53-32(21-57)42(68)55-35/h4-6,8-9,11-14,22-23,27-32,35,56-58H,7,10,15-21H2,1-3H3,(H,47,63)(H,48,59)(H,49,64)(H,50,62)(H,51,66)(H,52,67)(H,53,65)(H,54,69)(H,55,68)(H,60,61)(H3,45,46,70)/t23-,27-,28-,29-,30-,31-,32-,35-/m0/s1. The van der Waals surface area contributed by atoms with Crippen LogP contribution in [0.2, 0.25) is 0 Å². The van der Waals surface area contributed by atoms with Gasteiger partial charge in [-0.2, -0.15) is 0 Å². The zero-order valence-corrected chi connectivity index (χ0v) is 38.6. The van der Waals surface area contributed by atoms with Gasteiger partial charge in [0.1, 0.15) is 54.1 Å². The van der Waals surface area contributed by atoms with Gasteiger partial charge in [0, 0.05) is 19.4 Å². The van der Waals surface area contributed by atoms with Crippen molar-refractivity contribution in [2.75, 3.05) is 26.3 Å². The second-order valence-corrected chi connectivity index (χ2v) is 16.6. The number of aromatic hydroxyl groups is 1. The molecule has 70 heavy (non-hydrogen) atoms. The van der Waals surface area contributed by atoms with Gasteiger partial charge in [-0.05, 0) is 48.9 Å². The first kappa shape index (κ1) is 56.5. The lowest BCUT2D eigenvalue weighted by atomic mass is 10.0. The molecule has 2 aromatic rings. The first-order chi connectivity index (χ1) is 33.1. The summed E-state index contributed by atoms with van der Waals surface area (Å²) in [4.78, 5) is 146. The maximum atomic E-state index is 14.0. The highest BCUT2D eigenvalue weighted by molar-refractivity contribution is 5.99. The van der Waals surface area contributed by atoms with Gasteiger partial charge in [-0.3, -0.25) is 47.9 Å². The minimum absolute atomic E-state index is 0.0462. The number of hydrogen-bond donors (Lipinski definition) is 15. The van der Waals surface area contributed by atoms with Gasteiger partial charge in [0.25, 0.3) is 0 Å². The maximum Gasteiger partial charge on any atom is 0.312 e. The first-order valence-corrected chi connectivity index (χ1v) is 22.1. The van der Waals surface area contributed by atoms with E-state index >= 15 is 0 Å². The molecule has 11 amide bonds. The monoisotopic (exact) mass is 983 g/mol. The van der Waals surface area contributed by atoms with E-state index in [0.717, 1.165) is 0 Å². The van der Waals surface area contributed by atoms with Crippen molar-refractivity contribution in [1.29, 1.82) is 0 Å². The molecule has 1 aliphatic heterocycles. The van der Waals surface area contributed by atoms with Crippen molar-refractivity contribution in [3.63, 3.8) is 0 Å². The molecule has 1 fully saturated rings. The highest BCUT2D eigenvalue weighted by Crippen LogP contribution is 2.13. The Morgan fingerprint density at radius 1 is 0.614 bits per heavy atom. The quantitative estimate of drug-likeness (QED) is 0.0835. The number of nitrogens with two attached hydrogens (primary N) is 1. The van der Waals surface area contributed by atoms with Crippen LogP contribution in [0.15, 0.2) is 54.6 Å². The second-order valence-electron chi connectivity index (χ2n) is 16.6. The molecule has 26 nitrogen and oxygen atoms in total. The predicted molar refractivity (Wildman–Crippen MR) is 244 cm³/mol. The van der Waals surface area contributed by atoms with Crippen LogP contribution in [0.25, 0.3) is 0 Å². The van der Waals surface area contributed by atoms with E-state index < -0.39 is 146 Å². The van der Waals surface area contributed by atoms with Gasteiger partial charge in [-0.15, -0.1) is 0 Å². The van der Waals surface area contributed by atoms with E-state index in [1.54, 1.807) is 30.3 Å². The number of aliphatic hydroxyl groups excluding tert-OH is 2. The molecule has 3 rings (SSSR count). The van der Waals surface area contributed by atoms with E-state index in [0.29, 0.717) is 11.1 Å². The van der Waals surface area contributed by atoms with Crippen LogP contribution in [0.4, 0.5) is 4.79 Å². The molecule has 0 unspecified atom stereocenters. The largest absolute Gasteiger partial charge is 0.508 e. The Hall–Kier alpha value is -7.87. The van der Waals surface area contributed by atoms with E-state index in [4.69, 9.17) is 5.73 Å². The number of phenols is 1. The maximum absolute atomic E-state index is 14.0. The van der Waals surface area contributed by atoms with Crippen LogP contribution in [0, 0.1) is 5.92 Å². The lowest BCUT2D eigenvalue weighted by Crippen LogP contribution is -2.62. The number of primary amides is 1. The molecule has 8 atom stereocenters. The lowest BCUT2D eigenvalue weighted by molar-refractivity contribution is -0.141. The number of phenolic OH excluding ortho intramolecular Hbond substituents is 1. The van der Waals surface area contributed by atoms with E-state index in [9.17, 15) is 73.2 Å². The van der Waals surface area contributed by atoms with Crippen molar-refractivity contribution >= 4 is 65.2 Å². The highest BCUT2D eigenvalue weighted by atomic mass is 16.4. The van der Waals surface area contributed by atoms with Gasteiger partial charge in [0.2, 0.25) is 53.2 Å². The second kappa shape index (κ2) is 27.8. The Morgan fingerprint density at radius 2 is 1.09 bits per heavy atom. The number of carboxylic acids is 1. The number of carbonyl (C=O) groups is 11. The molecule has 2 aromatic carbocycles. The number of aliphatic carboxylic acids is 1. The molecule has 16 N–H and O–H groups in total. The molecule has 1 saturated heterocycles. The Morgan fingerprint density at radius 3 is 1.61 bits per heavy atom. The number of rotatable bonds is 13. The number of nitrogens with one attached hydrogen (secondary N) is 10. The summed E-state index contributed by atoms with van der Waals surface area (Å²) in [5.41, 5.74) is 6.01. The van der Waals surface area contributed by atoms with Crippen molar-refractivity contribution in [3.8, 4) is 5.75 Å². The molecule has 0 bridgehead atoms. The number of hydrogen-bond acceptors (Lipinski definition) is 14. The molecule has 0 aromatic heterocycles. The van der Waals surface area contributed by atoms with Crippen molar-refractivity contribution in [2.45, 2.75) is 101 Å². The highest BCUT2D eigenvalue weighted by Gasteiger charge is 2.36. The summed E-state index contributed by atoms with van der Waals surface area (Å²) >= 11 is 0. The molecule has 0 aliphatic carbocycles. The lowest BCUT2D eigenvalue weighted by Gasteiger charge is -2.28. The number of aliphatic hydroxyl groups is 2. The average Bonchev–Trinajstić information content (AvgIpc) is 3.30. The molecular formula is C44H61N11O15. The van der Waals surface area contributed by atoms with Crippen LogP contribution in [0.1, 0.15) is 51.2 Å². The van der Waals surface area contributed by atoms with Crippen molar-refractivity contribution in [2.24, 2.45) is 11.7 Å². The summed E-state index contributed by atoms with van der Waals surface area (Å²) in [6.45, 7) is 1.26. The van der Waals surface area contributed by atoms with Crippen LogP contribution in [-0.4, -0.2) is 160 Å². The van der Waals surface area contributed by atoms with Gasteiger partial charge >= 0.3 is 12.0 Å². The number of benzene rings is 2. The summed E-state index contributed by atoms with van der Waals surface area (Å²) in [6, 6.07) is -0.262. The SMILES string of the molecule is CC(C)[C@@H]1NC(=O)[C@H](CO)NC(=O)[C@H](Cc2ccc(O)cc2)NC(=O)[C@H](CC(=O)O)NC(=O)[C@H](C)NC(=O)CNC(=O)[C@H](CCCNC(N)=O)NC(=O)[C@H](Cc2ccccc2)NC(=O)[C@H](CO)NC1=O. The molecule has 26 heteroatoms. The molecule has 1 aliphatic rings. The molecular weight excluding hydrogens is 923 g/mol. The Kier molecular flexibility index (Phi) is 22.4. The van der Waals surface area contributed by atoms with Crippen LogP contribution >= 0.6 is 0 Å². The zero-order chi connectivity index (χ0) is 52.1. The van der Waals surface area contributed by atoms with Gasteiger partial charge in [-0.1, -0.05) is 56.3 Å².